The topological polar surface area (TPSA) is 80.6 Å². The number of rotatable bonds is 6. The summed E-state index contributed by atoms with van der Waals surface area (Å²) < 4.78 is 15.8. The molecule has 6 heteroatoms. The Morgan fingerprint density at radius 1 is 1.41 bits per heavy atom. The van der Waals surface area contributed by atoms with E-state index in [2.05, 4.69) is 5.32 Å². The zero-order chi connectivity index (χ0) is 15.8. The number of nitrogens with one attached hydrogen (secondary N) is 1. The molecule has 0 radical (unpaired) electrons. The highest BCUT2D eigenvalue weighted by Crippen LogP contribution is 2.31. The van der Waals surface area contributed by atoms with Gasteiger partial charge in [-0.2, -0.15) is 5.26 Å². The van der Waals surface area contributed by atoms with Crippen molar-refractivity contribution in [2.24, 2.45) is 0 Å². The average molecular weight is 302 g/mol. The minimum Gasteiger partial charge on any atom is -0.486 e. The second-order valence-corrected chi connectivity index (χ2v) is 4.68. The molecule has 0 aromatic heterocycles. The number of nitrogens with zero attached hydrogens (tertiary/aromatic N) is 1. The molecular weight excluding hydrogens is 284 g/mol. The first-order valence-corrected chi connectivity index (χ1v) is 7.03. The van der Waals surface area contributed by atoms with Crippen LogP contribution in [-0.4, -0.2) is 39.4 Å². The van der Waals surface area contributed by atoms with Crippen LogP contribution in [0.15, 0.2) is 23.8 Å². The lowest BCUT2D eigenvalue weighted by Gasteiger charge is -2.18. The normalized spacial score (nSPS) is 13.4. The van der Waals surface area contributed by atoms with Crippen molar-refractivity contribution in [2.75, 3.05) is 33.5 Å². The first-order chi connectivity index (χ1) is 10.7. The lowest BCUT2D eigenvalue weighted by molar-refractivity contribution is -0.117. The molecule has 22 heavy (non-hydrogen) atoms. The summed E-state index contributed by atoms with van der Waals surface area (Å²) in [6.07, 6.45) is 2.23. The van der Waals surface area contributed by atoms with E-state index in [1.807, 2.05) is 6.07 Å². The lowest BCUT2D eigenvalue weighted by atomic mass is 10.1. The van der Waals surface area contributed by atoms with Crippen molar-refractivity contribution in [1.82, 2.24) is 5.32 Å². The summed E-state index contributed by atoms with van der Waals surface area (Å²) in [5.41, 5.74) is 0.766. The third-order valence-electron chi connectivity index (χ3n) is 3.05. The van der Waals surface area contributed by atoms with E-state index in [1.165, 1.54) is 6.08 Å². The van der Waals surface area contributed by atoms with E-state index in [0.29, 0.717) is 49.8 Å². The number of amides is 1. The molecule has 1 N–H and O–H groups in total. The maximum absolute atomic E-state index is 11.9. The molecule has 1 aromatic carbocycles. The van der Waals surface area contributed by atoms with Crippen LogP contribution in [0.5, 0.6) is 11.5 Å². The number of fused-ring (bicyclic) bond motifs is 1. The number of carbonyl (C=O) groups is 1. The smallest absolute Gasteiger partial charge is 0.261 e. The van der Waals surface area contributed by atoms with Gasteiger partial charge in [0.15, 0.2) is 11.5 Å². The minimum absolute atomic E-state index is 0.0501. The van der Waals surface area contributed by atoms with Crippen molar-refractivity contribution in [3.8, 4) is 17.6 Å². The van der Waals surface area contributed by atoms with Gasteiger partial charge in [0.05, 0.1) is 0 Å². The summed E-state index contributed by atoms with van der Waals surface area (Å²) in [6.45, 7) is 2.04. The van der Waals surface area contributed by atoms with Crippen LogP contribution in [0, 0.1) is 11.3 Å². The highest BCUT2D eigenvalue weighted by Gasteiger charge is 2.13. The summed E-state index contributed by atoms with van der Waals surface area (Å²) >= 11 is 0. The number of benzene rings is 1. The third kappa shape index (κ3) is 4.24. The summed E-state index contributed by atoms with van der Waals surface area (Å²) in [5, 5.41) is 11.8. The van der Waals surface area contributed by atoms with Gasteiger partial charge in [-0.25, -0.2) is 0 Å². The highest BCUT2D eigenvalue weighted by molar-refractivity contribution is 6.01. The molecule has 1 amide bonds. The molecule has 116 valence electrons. The van der Waals surface area contributed by atoms with Gasteiger partial charge < -0.3 is 19.5 Å². The zero-order valence-electron chi connectivity index (χ0n) is 12.4. The van der Waals surface area contributed by atoms with Crippen LogP contribution < -0.4 is 14.8 Å². The van der Waals surface area contributed by atoms with Crippen molar-refractivity contribution in [3.63, 3.8) is 0 Å². The molecule has 0 saturated carbocycles. The maximum atomic E-state index is 11.9. The van der Waals surface area contributed by atoms with Crippen LogP contribution in [0.25, 0.3) is 6.08 Å². The van der Waals surface area contributed by atoms with Crippen LogP contribution in [0.2, 0.25) is 0 Å². The average Bonchev–Trinajstić information content (AvgIpc) is 2.56. The van der Waals surface area contributed by atoms with Crippen molar-refractivity contribution >= 4 is 12.0 Å². The molecule has 0 saturated heterocycles. The maximum Gasteiger partial charge on any atom is 0.261 e. The second kappa shape index (κ2) is 8.05. The first-order valence-electron chi connectivity index (χ1n) is 7.03. The molecule has 6 nitrogen and oxygen atoms in total. The monoisotopic (exact) mass is 302 g/mol. The van der Waals surface area contributed by atoms with Crippen LogP contribution in [-0.2, 0) is 9.53 Å². The van der Waals surface area contributed by atoms with Gasteiger partial charge in [-0.1, -0.05) is 6.07 Å². The van der Waals surface area contributed by atoms with E-state index in [0.717, 1.165) is 0 Å². The van der Waals surface area contributed by atoms with E-state index in [9.17, 15) is 4.79 Å². The largest absolute Gasteiger partial charge is 0.486 e. The van der Waals surface area contributed by atoms with Gasteiger partial charge in [0.1, 0.15) is 24.9 Å². The minimum atomic E-state index is -0.395. The fraction of sp³-hybridized carbons (Fsp3) is 0.375. The quantitative estimate of drug-likeness (QED) is 0.489. The number of hydrogen-bond donors (Lipinski definition) is 1. The number of nitriles is 1. The fourth-order valence-corrected chi connectivity index (χ4v) is 1.98. The SMILES string of the molecule is COCCCNC(=O)C(C#N)=Cc1ccc2c(c1)OCCO2. The summed E-state index contributed by atoms with van der Waals surface area (Å²) in [5.74, 6) is 0.900. The molecule has 1 aliphatic heterocycles. The predicted molar refractivity (Wildman–Crippen MR) is 80.5 cm³/mol. The van der Waals surface area contributed by atoms with Gasteiger partial charge in [0.25, 0.3) is 5.91 Å². The number of hydrogen-bond acceptors (Lipinski definition) is 5. The number of ether oxygens (including phenoxy) is 3. The Labute approximate surface area is 129 Å². The van der Waals surface area contributed by atoms with Crippen molar-refractivity contribution < 1.29 is 19.0 Å². The highest BCUT2D eigenvalue weighted by atomic mass is 16.6. The Hall–Kier alpha value is -2.52. The molecular formula is C16H18N2O4. The van der Waals surface area contributed by atoms with Gasteiger partial charge in [0, 0.05) is 20.3 Å². The van der Waals surface area contributed by atoms with Crippen molar-refractivity contribution in [1.29, 1.82) is 5.26 Å². The van der Waals surface area contributed by atoms with E-state index in [-0.39, 0.29) is 5.57 Å². The van der Waals surface area contributed by atoms with Crippen LogP contribution in [0.3, 0.4) is 0 Å². The molecule has 0 aliphatic carbocycles. The van der Waals surface area contributed by atoms with E-state index >= 15 is 0 Å². The summed E-state index contributed by atoms with van der Waals surface area (Å²) in [6, 6.07) is 7.22. The van der Waals surface area contributed by atoms with Gasteiger partial charge in [0.2, 0.25) is 0 Å². The van der Waals surface area contributed by atoms with Gasteiger partial charge >= 0.3 is 0 Å². The molecule has 1 aromatic rings. The van der Waals surface area contributed by atoms with Crippen molar-refractivity contribution in [2.45, 2.75) is 6.42 Å². The molecule has 0 unspecified atom stereocenters. The molecule has 0 spiro atoms. The third-order valence-corrected chi connectivity index (χ3v) is 3.05. The molecule has 1 heterocycles. The van der Waals surface area contributed by atoms with Gasteiger partial charge in [-0.15, -0.1) is 0 Å². The molecule has 0 atom stereocenters. The Balaban J connectivity index is 2.05. The van der Waals surface area contributed by atoms with Gasteiger partial charge in [-0.05, 0) is 30.2 Å². The molecule has 0 bridgehead atoms. The Bertz CT molecular complexity index is 605. The Kier molecular flexibility index (Phi) is 5.81. The number of methoxy groups -OCH3 is 1. The predicted octanol–water partition coefficient (Wildman–Crippen LogP) is 1.52. The van der Waals surface area contributed by atoms with E-state index in [1.54, 1.807) is 25.3 Å². The molecule has 1 aliphatic rings. The van der Waals surface area contributed by atoms with E-state index in [4.69, 9.17) is 19.5 Å². The Morgan fingerprint density at radius 2 is 2.18 bits per heavy atom. The summed E-state index contributed by atoms with van der Waals surface area (Å²) in [7, 11) is 1.60. The van der Waals surface area contributed by atoms with Crippen molar-refractivity contribution in [3.05, 3.63) is 29.3 Å². The molecule has 0 fully saturated rings. The van der Waals surface area contributed by atoms with Gasteiger partial charge in [-0.3, -0.25) is 4.79 Å². The van der Waals surface area contributed by atoms with E-state index < -0.39 is 5.91 Å². The second-order valence-electron chi connectivity index (χ2n) is 4.68. The number of carbonyl (C=O) groups excluding carboxylic acids is 1. The molecule has 2 rings (SSSR count). The Morgan fingerprint density at radius 3 is 2.91 bits per heavy atom. The van der Waals surface area contributed by atoms with Crippen LogP contribution in [0.1, 0.15) is 12.0 Å². The lowest BCUT2D eigenvalue weighted by Crippen LogP contribution is -2.26. The fourth-order valence-electron chi connectivity index (χ4n) is 1.98. The first kappa shape index (κ1) is 15.9. The van der Waals surface area contributed by atoms with Crippen LogP contribution in [0.4, 0.5) is 0 Å². The zero-order valence-corrected chi connectivity index (χ0v) is 12.4. The van der Waals surface area contributed by atoms with Crippen LogP contribution >= 0.6 is 0 Å². The summed E-state index contributed by atoms with van der Waals surface area (Å²) in [4.78, 5) is 11.9. The standard InChI is InChI=1S/C16H18N2O4/c1-20-6-2-5-18-16(19)13(11-17)9-12-3-4-14-15(10-12)22-8-7-21-14/h3-4,9-10H,2,5-8H2,1H3,(H,18,19).